The van der Waals surface area contributed by atoms with Crippen LogP contribution in [0.5, 0.6) is 0 Å². The Balaban J connectivity index is 2.06. The second kappa shape index (κ2) is 4.55. The van der Waals surface area contributed by atoms with E-state index in [0.29, 0.717) is 16.8 Å². The van der Waals surface area contributed by atoms with Crippen LogP contribution in [0.15, 0.2) is 27.4 Å². The van der Waals surface area contributed by atoms with E-state index in [1.807, 2.05) is 0 Å². The van der Waals surface area contributed by atoms with E-state index in [2.05, 4.69) is 5.32 Å². The molecule has 3 rings (SSSR count). The molecule has 0 bridgehead atoms. The average molecular weight is 261 g/mol. The van der Waals surface area contributed by atoms with Gasteiger partial charge >= 0.3 is 5.76 Å². The number of carbonyl (C=O) groups is 1. The van der Waals surface area contributed by atoms with Gasteiger partial charge < -0.3 is 15.5 Å². The maximum absolute atomic E-state index is 12.4. The van der Waals surface area contributed by atoms with Gasteiger partial charge in [-0.3, -0.25) is 4.79 Å². The molecule has 1 unspecified atom stereocenters. The van der Waals surface area contributed by atoms with Crippen LogP contribution in [0.3, 0.4) is 0 Å². The van der Waals surface area contributed by atoms with E-state index >= 15 is 0 Å². The lowest BCUT2D eigenvalue weighted by atomic mass is 10.0. The second-order valence-corrected chi connectivity index (χ2v) is 4.77. The van der Waals surface area contributed by atoms with Gasteiger partial charge in [0.25, 0.3) is 5.91 Å². The largest absolute Gasteiger partial charge is 0.426 e. The Hall–Kier alpha value is -2.08. The van der Waals surface area contributed by atoms with Crippen molar-refractivity contribution in [2.75, 3.05) is 12.3 Å². The summed E-state index contributed by atoms with van der Waals surface area (Å²) in [5, 5.41) is 3.13. The molecular formula is C13H15N3O3. The molecule has 19 heavy (non-hydrogen) atoms. The molecule has 3 N–H and O–H groups in total. The van der Waals surface area contributed by atoms with Gasteiger partial charge in [0, 0.05) is 11.8 Å². The number of piperidine rings is 1. The molecule has 2 heterocycles. The number of nitrogens with two attached hydrogens (primary N) is 1. The highest BCUT2D eigenvalue weighted by Gasteiger charge is 2.25. The molecule has 1 aliphatic rings. The first-order chi connectivity index (χ1) is 9.16. The normalized spacial score (nSPS) is 19.7. The van der Waals surface area contributed by atoms with Crippen LogP contribution in [0.1, 0.15) is 24.1 Å². The summed E-state index contributed by atoms with van der Waals surface area (Å²) in [7, 11) is 0. The summed E-state index contributed by atoms with van der Waals surface area (Å²) in [5.74, 6) is -0.911. The highest BCUT2D eigenvalue weighted by molar-refractivity contribution is 5.93. The zero-order valence-corrected chi connectivity index (χ0v) is 10.4. The first-order valence-electron chi connectivity index (χ1n) is 6.35. The van der Waals surface area contributed by atoms with E-state index in [4.69, 9.17) is 10.2 Å². The Morgan fingerprint density at radius 2 is 2.26 bits per heavy atom. The van der Waals surface area contributed by atoms with Crippen molar-refractivity contribution in [2.45, 2.75) is 25.3 Å². The Kier molecular flexibility index (Phi) is 2.87. The summed E-state index contributed by atoms with van der Waals surface area (Å²) >= 11 is 0. The molecular weight excluding hydrogens is 246 g/mol. The second-order valence-electron chi connectivity index (χ2n) is 4.77. The molecule has 6 nitrogen and oxygen atoms in total. The van der Waals surface area contributed by atoms with Crippen LogP contribution >= 0.6 is 0 Å². The summed E-state index contributed by atoms with van der Waals surface area (Å²) in [6, 6.07) is 4.52. The maximum Gasteiger partial charge on any atom is 0.426 e. The lowest BCUT2D eigenvalue weighted by Gasteiger charge is -2.21. The van der Waals surface area contributed by atoms with E-state index in [0.717, 1.165) is 30.4 Å². The van der Waals surface area contributed by atoms with Crippen molar-refractivity contribution >= 4 is 22.7 Å². The summed E-state index contributed by atoms with van der Waals surface area (Å²) < 4.78 is 6.17. The fraction of sp³-hybridized carbons (Fsp3) is 0.385. The van der Waals surface area contributed by atoms with Gasteiger partial charge in [0.05, 0.1) is 11.6 Å². The number of nitrogen functional groups attached to an aromatic ring is 1. The number of oxazole rings is 1. The van der Waals surface area contributed by atoms with E-state index < -0.39 is 5.76 Å². The third-order valence-corrected chi connectivity index (χ3v) is 3.43. The molecule has 1 atom stereocenters. The molecule has 1 fully saturated rings. The number of nitrogens with zero attached hydrogens (tertiary/aromatic N) is 1. The predicted octanol–water partition coefficient (Wildman–Crippen LogP) is 0.959. The predicted molar refractivity (Wildman–Crippen MR) is 71.2 cm³/mol. The summed E-state index contributed by atoms with van der Waals surface area (Å²) in [5.41, 5.74) is 6.94. The van der Waals surface area contributed by atoms with Crippen molar-refractivity contribution in [3.63, 3.8) is 0 Å². The number of aromatic nitrogens is 1. The Morgan fingerprint density at radius 3 is 3.00 bits per heavy atom. The number of hydrogen-bond donors (Lipinski definition) is 2. The quantitative estimate of drug-likeness (QED) is 0.746. The smallest absolute Gasteiger partial charge is 0.407 e. The van der Waals surface area contributed by atoms with E-state index in [1.165, 1.54) is 0 Å². The highest BCUT2D eigenvalue weighted by atomic mass is 16.4. The van der Waals surface area contributed by atoms with Crippen molar-refractivity contribution in [1.82, 2.24) is 9.88 Å². The Labute approximate surface area is 109 Å². The monoisotopic (exact) mass is 261 g/mol. The van der Waals surface area contributed by atoms with Gasteiger partial charge in [0.2, 0.25) is 0 Å². The molecule has 0 radical (unpaired) electrons. The summed E-state index contributed by atoms with van der Waals surface area (Å²) in [6.07, 6.45) is 2.79. The van der Waals surface area contributed by atoms with Crippen LogP contribution < -0.4 is 16.8 Å². The molecule has 1 aliphatic heterocycles. The Morgan fingerprint density at radius 1 is 1.42 bits per heavy atom. The number of rotatable bonds is 1. The number of benzene rings is 1. The molecule has 6 heteroatoms. The molecule has 0 saturated carbocycles. The lowest BCUT2D eigenvalue weighted by Crippen LogP contribution is -2.45. The zero-order valence-electron chi connectivity index (χ0n) is 10.4. The summed E-state index contributed by atoms with van der Waals surface area (Å²) in [6.45, 7) is 0.799. The minimum absolute atomic E-state index is 0.256. The van der Waals surface area contributed by atoms with Crippen molar-refractivity contribution in [3.05, 3.63) is 28.7 Å². The van der Waals surface area contributed by atoms with Crippen LogP contribution in [0.2, 0.25) is 0 Å². The van der Waals surface area contributed by atoms with E-state index in [-0.39, 0.29) is 11.9 Å². The van der Waals surface area contributed by atoms with Gasteiger partial charge in [-0.05, 0) is 31.5 Å². The maximum atomic E-state index is 12.4. The number of fused-ring (bicyclic) bond motifs is 1. The molecule has 2 aromatic rings. The van der Waals surface area contributed by atoms with Gasteiger partial charge in [0.15, 0.2) is 5.58 Å². The number of nitrogens with one attached hydrogen (secondary N) is 1. The SMILES string of the molecule is Nc1ccc2c(c1)oc(=O)n2C(=O)C1CCCCN1. The third-order valence-electron chi connectivity index (χ3n) is 3.43. The molecule has 1 aromatic heterocycles. The number of carbonyl (C=O) groups excluding carboxylic acids is 1. The molecule has 0 amide bonds. The lowest BCUT2D eigenvalue weighted by molar-refractivity contribution is 0.0839. The van der Waals surface area contributed by atoms with Gasteiger partial charge in [0.1, 0.15) is 0 Å². The van der Waals surface area contributed by atoms with Gasteiger partial charge in [-0.15, -0.1) is 0 Å². The van der Waals surface area contributed by atoms with Gasteiger partial charge in [-0.2, -0.15) is 0 Å². The molecule has 1 aromatic carbocycles. The zero-order chi connectivity index (χ0) is 13.4. The van der Waals surface area contributed by atoms with Crippen molar-refractivity contribution in [3.8, 4) is 0 Å². The van der Waals surface area contributed by atoms with Crippen LogP contribution in [0.4, 0.5) is 5.69 Å². The molecule has 0 spiro atoms. The highest BCUT2D eigenvalue weighted by Crippen LogP contribution is 2.18. The van der Waals surface area contributed by atoms with Gasteiger partial charge in [-0.1, -0.05) is 6.42 Å². The minimum atomic E-state index is -0.655. The van der Waals surface area contributed by atoms with Gasteiger partial charge in [-0.25, -0.2) is 9.36 Å². The first-order valence-corrected chi connectivity index (χ1v) is 6.35. The van der Waals surface area contributed by atoms with Crippen molar-refractivity contribution in [1.29, 1.82) is 0 Å². The van der Waals surface area contributed by atoms with Crippen LogP contribution in [0.25, 0.3) is 11.1 Å². The fourth-order valence-electron chi connectivity index (χ4n) is 2.46. The Bertz CT molecular complexity index is 680. The topological polar surface area (TPSA) is 90.3 Å². The molecule has 0 aliphatic carbocycles. The molecule has 100 valence electrons. The van der Waals surface area contributed by atoms with E-state index in [9.17, 15) is 9.59 Å². The minimum Gasteiger partial charge on any atom is -0.407 e. The number of anilines is 1. The van der Waals surface area contributed by atoms with Crippen molar-refractivity contribution in [2.24, 2.45) is 0 Å². The van der Waals surface area contributed by atoms with Crippen LogP contribution in [-0.2, 0) is 0 Å². The first kappa shape index (κ1) is 12.0. The average Bonchev–Trinajstić information content (AvgIpc) is 2.74. The van der Waals surface area contributed by atoms with Crippen LogP contribution in [0, 0.1) is 0 Å². The van der Waals surface area contributed by atoms with E-state index in [1.54, 1.807) is 18.2 Å². The number of hydrogen-bond acceptors (Lipinski definition) is 5. The van der Waals surface area contributed by atoms with Crippen molar-refractivity contribution < 1.29 is 9.21 Å². The fourth-order valence-corrected chi connectivity index (χ4v) is 2.46. The third kappa shape index (κ3) is 2.04. The standard InChI is InChI=1S/C13H15N3O3/c14-8-4-5-10-11(7-8)19-13(18)16(10)12(17)9-3-1-2-6-15-9/h4-5,7,9,15H,1-3,6,14H2. The van der Waals surface area contributed by atoms with Crippen LogP contribution in [-0.4, -0.2) is 23.1 Å². The summed E-state index contributed by atoms with van der Waals surface area (Å²) in [4.78, 5) is 24.2. The molecule has 1 saturated heterocycles.